The van der Waals surface area contributed by atoms with Crippen LogP contribution in [-0.4, -0.2) is 51.3 Å². The zero-order valence-electron chi connectivity index (χ0n) is 29.4. The molecule has 0 fully saturated rings. The number of hydrogen-bond donors (Lipinski definition) is 4. The first kappa shape index (κ1) is 38.9. The Hall–Kier alpha value is -6.34. The van der Waals surface area contributed by atoms with Crippen molar-refractivity contribution in [2.45, 2.75) is 66.0 Å². The molecule has 2 aromatic carbocycles. The predicted molar refractivity (Wildman–Crippen MR) is 185 cm³/mol. The lowest BCUT2D eigenvalue weighted by atomic mass is 10.1. The van der Waals surface area contributed by atoms with E-state index >= 15 is 0 Å². The van der Waals surface area contributed by atoms with Crippen molar-refractivity contribution in [2.24, 2.45) is 0 Å². The van der Waals surface area contributed by atoms with Crippen molar-refractivity contribution in [3.8, 4) is 0 Å². The van der Waals surface area contributed by atoms with E-state index in [1.54, 1.807) is 27.7 Å². The highest BCUT2D eigenvalue weighted by Gasteiger charge is 2.31. The fraction of sp³-hybridized carbons (Fsp3) is 0.294. The van der Waals surface area contributed by atoms with Gasteiger partial charge in [-0.2, -0.15) is 36.5 Å². The number of fused-ring (bicyclic) bond motifs is 2. The molecule has 4 aromatic heterocycles. The Balaban J connectivity index is 0.000000208. The van der Waals surface area contributed by atoms with E-state index in [0.717, 1.165) is 24.3 Å². The molecule has 0 spiro atoms. The molecule has 0 unspecified atom stereocenters. The number of hydrogen-bond acceptors (Lipinski definition) is 8. The normalized spacial score (nSPS) is 13.0. The van der Waals surface area contributed by atoms with Crippen LogP contribution < -0.4 is 21.8 Å². The molecule has 0 saturated heterocycles. The third-order valence-electron chi connectivity index (χ3n) is 8.12. The maximum absolute atomic E-state index is 12.8. The van der Waals surface area contributed by atoms with Crippen LogP contribution in [0.2, 0.25) is 0 Å². The minimum Gasteiger partial charge on any atom is -0.310 e. The van der Waals surface area contributed by atoms with E-state index in [4.69, 9.17) is 0 Å². The van der Waals surface area contributed by atoms with Crippen LogP contribution in [-0.2, 0) is 21.9 Å². The van der Waals surface area contributed by atoms with E-state index in [2.05, 4.69) is 40.8 Å². The Morgan fingerprint density at radius 2 is 0.944 bits per heavy atom. The molecular weight excluding hydrogens is 726 g/mol. The van der Waals surface area contributed by atoms with E-state index in [1.807, 2.05) is 0 Å². The van der Waals surface area contributed by atoms with Gasteiger partial charge in [-0.25, -0.2) is 19.3 Å². The number of halogens is 6. The van der Waals surface area contributed by atoms with Crippen molar-refractivity contribution < 1.29 is 35.9 Å². The Morgan fingerprint density at radius 1 is 0.630 bits per heavy atom. The summed E-state index contributed by atoms with van der Waals surface area (Å²) in [5, 5.41) is 13.7. The average molecular weight is 759 g/mol. The van der Waals surface area contributed by atoms with E-state index in [1.165, 1.54) is 47.5 Å². The van der Waals surface area contributed by atoms with Crippen LogP contribution in [0, 0.1) is 13.8 Å². The van der Waals surface area contributed by atoms with Crippen LogP contribution >= 0.6 is 0 Å². The van der Waals surface area contributed by atoms with Crippen molar-refractivity contribution in [2.75, 3.05) is 10.6 Å². The molecule has 14 nitrogen and oxygen atoms in total. The zero-order valence-corrected chi connectivity index (χ0v) is 29.4. The molecule has 54 heavy (non-hydrogen) atoms. The maximum Gasteiger partial charge on any atom is 0.416 e. The summed E-state index contributed by atoms with van der Waals surface area (Å²) in [5.74, 6) is -0.0345. The molecule has 0 aliphatic rings. The third-order valence-corrected chi connectivity index (χ3v) is 8.12. The number of rotatable bonds is 6. The smallest absolute Gasteiger partial charge is 0.310 e. The summed E-state index contributed by atoms with van der Waals surface area (Å²) in [4.78, 5) is 61.1. The number of carbonyl (C=O) groups is 2. The summed E-state index contributed by atoms with van der Waals surface area (Å²) in [7, 11) is 0. The van der Waals surface area contributed by atoms with Gasteiger partial charge in [-0.3, -0.25) is 19.2 Å². The highest BCUT2D eigenvalue weighted by molar-refractivity contribution is 5.98. The molecular formula is C34H32F6N10O4. The van der Waals surface area contributed by atoms with Crippen LogP contribution in [0.4, 0.5) is 38.0 Å². The molecule has 4 N–H and O–H groups in total. The van der Waals surface area contributed by atoms with Crippen LogP contribution in [0.1, 0.15) is 73.7 Å². The lowest BCUT2D eigenvalue weighted by Gasteiger charge is -2.15. The van der Waals surface area contributed by atoms with Gasteiger partial charge in [-0.15, -0.1) is 0 Å². The lowest BCUT2D eigenvalue weighted by molar-refractivity contribution is -0.138. The molecule has 0 aliphatic heterocycles. The molecule has 0 aliphatic carbocycles. The fourth-order valence-corrected chi connectivity index (χ4v) is 5.54. The van der Waals surface area contributed by atoms with Gasteiger partial charge < -0.3 is 20.6 Å². The molecule has 2 atom stereocenters. The molecule has 0 bridgehead atoms. The molecule has 0 saturated carbocycles. The average Bonchev–Trinajstić information content (AvgIpc) is 3.61. The highest BCUT2D eigenvalue weighted by Crippen LogP contribution is 2.33. The number of nitrogens with one attached hydrogen (secondary N) is 4. The molecule has 6 aromatic rings. The number of aromatic nitrogens is 8. The quantitative estimate of drug-likeness (QED) is 0.148. The van der Waals surface area contributed by atoms with E-state index in [-0.39, 0.29) is 33.7 Å². The molecule has 20 heteroatoms. The second-order valence-corrected chi connectivity index (χ2v) is 12.2. The predicted octanol–water partition coefficient (Wildman–Crippen LogP) is 6.03. The lowest BCUT2D eigenvalue weighted by Crippen LogP contribution is -2.14. The van der Waals surface area contributed by atoms with Gasteiger partial charge in [-0.1, -0.05) is 24.3 Å². The first-order valence-electron chi connectivity index (χ1n) is 16.0. The number of alkyl halides is 6. The first-order valence-corrected chi connectivity index (χ1v) is 16.0. The number of amides is 2. The van der Waals surface area contributed by atoms with E-state index in [9.17, 15) is 45.5 Å². The van der Waals surface area contributed by atoms with Gasteiger partial charge in [-0.05, 0) is 63.1 Å². The zero-order chi connectivity index (χ0) is 39.9. The van der Waals surface area contributed by atoms with Crippen molar-refractivity contribution in [1.29, 1.82) is 0 Å². The summed E-state index contributed by atoms with van der Waals surface area (Å²) < 4.78 is 79.4. The van der Waals surface area contributed by atoms with Gasteiger partial charge in [0.15, 0.2) is 22.9 Å². The summed E-state index contributed by atoms with van der Waals surface area (Å²) in [6.07, 6.45) is -8.85. The monoisotopic (exact) mass is 758 g/mol. The van der Waals surface area contributed by atoms with Crippen LogP contribution in [0.15, 0.2) is 58.1 Å². The number of nitrogens with zero attached hydrogens (tertiary/aromatic N) is 6. The number of carbonyl (C=O) groups excluding carboxylic acids is 2. The minimum atomic E-state index is -4.43. The van der Waals surface area contributed by atoms with Gasteiger partial charge in [0.2, 0.25) is 11.8 Å². The molecule has 2 amide bonds. The number of aryl methyl sites for hydroxylation is 2. The molecule has 284 valence electrons. The van der Waals surface area contributed by atoms with Crippen LogP contribution in [0.3, 0.4) is 0 Å². The van der Waals surface area contributed by atoms with Crippen molar-refractivity contribution >= 4 is 45.5 Å². The Bertz CT molecular complexity index is 2310. The van der Waals surface area contributed by atoms with Gasteiger partial charge in [0, 0.05) is 13.8 Å². The second kappa shape index (κ2) is 14.6. The summed E-state index contributed by atoms with van der Waals surface area (Å²) >= 11 is 0. The Morgan fingerprint density at radius 3 is 1.22 bits per heavy atom. The Labute approximate surface area is 300 Å². The minimum absolute atomic E-state index is 0.0463. The van der Waals surface area contributed by atoms with E-state index < -0.39 is 58.5 Å². The largest absolute Gasteiger partial charge is 0.416 e. The number of benzene rings is 2. The summed E-state index contributed by atoms with van der Waals surface area (Å²) in [5.41, 5.74) is -0.900. The van der Waals surface area contributed by atoms with Crippen molar-refractivity contribution in [3.05, 3.63) is 103 Å². The summed E-state index contributed by atoms with van der Waals surface area (Å²) in [6, 6.07) is 8.28. The SMILES string of the molecule is CC(=O)Nc1nn([C@@H](C)c2ccc(C(F)(F)F)cc2)c2nc(C)[nH]c(=O)c12.CC(=O)Nc1nn([C@H](C)c2ccc(C(F)(F)F)cc2)c2nc(C)[nH]c(=O)c12. The third kappa shape index (κ3) is 8.16. The first-order chi connectivity index (χ1) is 25.1. The molecule has 6 rings (SSSR count). The number of aromatic amines is 2. The number of anilines is 2. The van der Waals surface area contributed by atoms with Crippen LogP contribution in [0.5, 0.6) is 0 Å². The van der Waals surface area contributed by atoms with Gasteiger partial charge >= 0.3 is 12.4 Å². The van der Waals surface area contributed by atoms with Gasteiger partial charge in [0.25, 0.3) is 11.1 Å². The highest BCUT2D eigenvalue weighted by atomic mass is 19.4. The fourth-order valence-electron chi connectivity index (χ4n) is 5.54. The number of H-pyrrole nitrogens is 2. The topological polar surface area (TPSA) is 185 Å². The van der Waals surface area contributed by atoms with Crippen molar-refractivity contribution in [1.82, 2.24) is 39.5 Å². The van der Waals surface area contributed by atoms with Gasteiger partial charge in [0.1, 0.15) is 22.4 Å². The second-order valence-electron chi connectivity index (χ2n) is 12.2. The summed E-state index contributed by atoms with van der Waals surface area (Å²) in [6.45, 7) is 9.17. The van der Waals surface area contributed by atoms with E-state index in [0.29, 0.717) is 22.8 Å². The van der Waals surface area contributed by atoms with Crippen molar-refractivity contribution in [3.63, 3.8) is 0 Å². The van der Waals surface area contributed by atoms with Crippen LogP contribution in [0.25, 0.3) is 22.1 Å². The molecule has 4 heterocycles. The Kier molecular flexibility index (Phi) is 10.5. The van der Waals surface area contributed by atoms with Gasteiger partial charge in [0.05, 0.1) is 23.2 Å². The standard InChI is InChI=1S/2C17H16F3N5O2/c2*1-8(11-4-6-12(7-5-11)17(18,19)20)25-15-13(14(24-25)23-10(3)26)16(27)22-9(2)21-15/h2*4-8H,1-3H3,(H,21,22,27)(H,23,24,26)/t2*8-/m10/s1. The molecule has 0 radical (unpaired) electrons. The maximum atomic E-state index is 12.8.